The third-order valence-electron chi connectivity index (χ3n) is 1.77. The number of hydrogen-bond donors (Lipinski definition) is 1. The monoisotopic (exact) mass is 249 g/mol. The van der Waals surface area contributed by atoms with Gasteiger partial charge < -0.3 is 5.73 Å². The van der Waals surface area contributed by atoms with Crippen molar-refractivity contribution in [2.45, 2.75) is 28.2 Å². The van der Waals surface area contributed by atoms with Crippen molar-refractivity contribution < 1.29 is 0 Å². The average Bonchev–Trinajstić information content (AvgIpc) is 2.65. The summed E-state index contributed by atoms with van der Waals surface area (Å²) in [6, 6.07) is 10.3. The molecule has 2 rings (SSSR count). The van der Waals surface area contributed by atoms with Gasteiger partial charge in [-0.3, -0.25) is 4.68 Å². The second-order valence-electron chi connectivity index (χ2n) is 3.75. The number of rotatable bonds is 0. The first kappa shape index (κ1) is 18.7. The molecule has 0 fully saturated rings. The van der Waals surface area contributed by atoms with Gasteiger partial charge in [0.05, 0.1) is 6.20 Å². The van der Waals surface area contributed by atoms with Crippen LogP contribution >= 0.6 is 0 Å². The number of nitrogens with two attached hydrogens (primary N) is 1. The van der Waals surface area contributed by atoms with Gasteiger partial charge in [0.2, 0.25) is 0 Å². The lowest BCUT2D eigenvalue weighted by atomic mass is 10.2. The highest BCUT2D eigenvalue weighted by molar-refractivity contribution is 5.11. The van der Waals surface area contributed by atoms with Crippen LogP contribution in [0.15, 0.2) is 42.7 Å². The van der Waals surface area contributed by atoms with Crippen LogP contribution in [0.3, 0.4) is 0 Å². The van der Waals surface area contributed by atoms with Gasteiger partial charge in [0.1, 0.15) is 0 Å². The summed E-state index contributed by atoms with van der Waals surface area (Å²) in [5, 5.41) is 3.93. The van der Waals surface area contributed by atoms with Crippen LogP contribution in [0.5, 0.6) is 0 Å². The first-order chi connectivity index (χ1) is 8.10. The van der Waals surface area contributed by atoms with E-state index < -0.39 is 0 Å². The molecule has 0 amide bonds. The van der Waals surface area contributed by atoms with Crippen LogP contribution in [0, 0.1) is 13.8 Å². The fraction of sp³-hybridized carbons (Fsp3) is 0.400. The second kappa shape index (κ2) is 11.9. The minimum atomic E-state index is 0. The Bertz CT molecular complexity index is 363. The maximum Gasteiger partial charge on any atom is 0.0518 e. The van der Waals surface area contributed by atoms with E-state index in [0.29, 0.717) is 0 Å². The summed E-state index contributed by atoms with van der Waals surface area (Å²) >= 11 is 0. The number of aryl methyl sites for hydroxylation is 3. The van der Waals surface area contributed by atoms with Crippen LogP contribution in [0.2, 0.25) is 0 Å². The van der Waals surface area contributed by atoms with E-state index in [0.717, 1.165) is 6.54 Å². The van der Waals surface area contributed by atoms with E-state index in [1.807, 2.05) is 51.5 Å². The van der Waals surface area contributed by atoms with Gasteiger partial charge in [-0.15, -0.1) is 0 Å². The van der Waals surface area contributed by atoms with E-state index in [4.69, 9.17) is 5.73 Å². The lowest BCUT2D eigenvalue weighted by Crippen LogP contribution is -1.87. The van der Waals surface area contributed by atoms with Gasteiger partial charge in [-0.1, -0.05) is 50.2 Å². The molecule has 0 saturated heterocycles. The number of nitrogens with zero attached hydrogens (tertiary/aromatic N) is 2. The molecule has 0 bridgehead atoms. The van der Waals surface area contributed by atoms with Crippen molar-refractivity contribution in [2.24, 2.45) is 12.8 Å². The summed E-state index contributed by atoms with van der Waals surface area (Å²) in [5.74, 6) is 0. The second-order valence-corrected chi connectivity index (χ2v) is 3.75. The summed E-state index contributed by atoms with van der Waals surface area (Å²) in [4.78, 5) is 0. The minimum absolute atomic E-state index is 0. The molecule has 0 spiro atoms. The summed E-state index contributed by atoms with van der Waals surface area (Å²) in [6.45, 7) is 6.76. The van der Waals surface area contributed by atoms with E-state index in [1.165, 1.54) is 11.1 Å². The maximum absolute atomic E-state index is 4.85. The normalized spacial score (nSPS) is 8.06. The average molecular weight is 249 g/mol. The Labute approximate surface area is 112 Å². The number of hydrogen-bond acceptors (Lipinski definition) is 2. The van der Waals surface area contributed by atoms with Crippen molar-refractivity contribution in [1.29, 1.82) is 0 Å². The summed E-state index contributed by atoms with van der Waals surface area (Å²) in [5.41, 5.74) is 7.38. The Morgan fingerprint density at radius 3 is 1.78 bits per heavy atom. The van der Waals surface area contributed by atoms with Crippen molar-refractivity contribution in [3.8, 4) is 0 Å². The molecule has 0 radical (unpaired) electrons. The van der Waals surface area contributed by atoms with Crippen LogP contribution in [-0.2, 0) is 7.05 Å². The highest BCUT2D eigenvalue weighted by atomic mass is 15.2. The molecule has 1 aromatic carbocycles. The van der Waals surface area contributed by atoms with Crippen LogP contribution < -0.4 is 5.73 Å². The van der Waals surface area contributed by atoms with Crippen LogP contribution in [0.25, 0.3) is 0 Å². The number of benzene rings is 1. The molecule has 0 aliphatic rings. The zero-order valence-corrected chi connectivity index (χ0v) is 11.2. The molecule has 2 N–H and O–H groups in total. The molecule has 1 heterocycles. The lowest BCUT2D eigenvalue weighted by Gasteiger charge is -1.82. The highest BCUT2D eigenvalue weighted by Gasteiger charge is 1.81. The Morgan fingerprint density at radius 1 is 1.11 bits per heavy atom. The standard InChI is InChI=1S/C7H8.C5H8N2.C2H7N.CH4/c1-7-5-3-2-4-6-7;1-5-3-6-7(2)4-5;1-2-3;/h2-6H,1H3;3-4H,1-2H3;2-3H2,1H3;1H4. The van der Waals surface area contributed by atoms with Crippen molar-refractivity contribution in [3.05, 3.63) is 53.9 Å². The molecule has 0 saturated carbocycles. The fourth-order valence-electron chi connectivity index (χ4n) is 1.08. The van der Waals surface area contributed by atoms with E-state index >= 15 is 0 Å². The Morgan fingerprint density at radius 2 is 1.61 bits per heavy atom. The topological polar surface area (TPSA) is 43.8 Å². The highest BCUT2D eigenvalue weighted by Crippen LogP contribution is 1.92. The smallest absolute Gasteiger partial charge is 0.0518 e. The third kappa shape index (κ3) is 10.9. The van der Waals surface area contributed by atoms with Gasteiger partial charge in [-0.05, 0) is 26.0 Å². The first-order valence-corrected chi connectivity index (χ1v) is 5.77. The molecule has 3 heteroatoms. The molecule has 1 aromatic heterocycles. The molecule has 0 aliphatic carbocycles. The van der Waals surface area contributed by atoms with Gasteiger partial charge in [0.25, 0.3) is 0 Å². The SMILES string of the molecule is C.CCN.Cc1ccccc1.Cc1cnn(C)c1. The third-order valence-corrected chi connectivity index (χ3v) is 1.77. The minimum Gasteiger partial charge on any atom is -0.331 e. The molecule has 3 nitrogen and oxygen atoms in total. The Hall–Kier alpha value is -1.61. The number of aromatic nitrogens is 2. The summed E-state index contributed by atoms with van der Waals surface area (Å²) in [6.07, 6.45) is 3.81. The van der Waals surface area contributed by atoms with Crippen LogP contribution in [0.4, 0.5) is 0 Å². The maximum atomic E-state index is 4.85. The van der Waals surface area contributed by atoms with E-state index in [2.05, 4.69) is 24.2 Å². The molecule has 18 heavy (non-hydrogen) atoms. The van der Waals surface area contributed by atoms with E-state index in [1.54, 1.807) is 4.68 Å². The fourth-order valence-corrected chi connectivity index (χ4v) is 1.08. The summed E-state index contributed by atoms with van der Waals surface area (Å²) < 4.78 is 1.79. The predicted octanol–water partition coefficient (Wildman–Crippen LogP) is 3.32. The van der Waals surface area contributed by atoms with Crippen LogP contribution in [0.1, 0.15) is 25.5 Å². The van der Waals surface area contributed by atoms with Gasteiger partial charge in [0, 0.05) is 13.2 Å². The molecule has 0 aliphatic heterocycles. The lowest BCUT2D eigenvalue weighted by molar-refractivity contribution is 0.767. The predicted molar refractivity (Wildman–Crippen MR) is 80.6 cm³/mol. The van der Waals surface area contributed by atoms with Gasteiger partial charge in [0.15, 0.2) is 0 Å². The molecule has 0 unspecified atom stereocenters. The quantitative estimate of drug-likeness (QED) is 0.778. The van der Waals surface area contributed by atoms with Crippen molar-refractivity contribution >= 4 is 0 Å². The Balaban J connectivity index is 0. The van der Waals surface area contributed by atoms with Crippen molar-refractivity contribution in [3.63, 3.8) is 0 Å². The molecular formula is C15H27N3. The first-order valence-electron chi connectivity index (χ1n) is 5.77. The van der Waals surface area contributed by atoms with Gasteiger partial charge >= 0.3 is 0 Å². The molecule has 2 aromatic rings. The zero-order chi connectivity index (χ0) is 13.1. The van der Waals surface area contributed by atoms with Crippen molar-refractivity contribution in [1.82, 2.24) is 9.78 Å². The van der Waals surface area contributed by atoms with E-state index in [-0.39, 0.29) is 7.43 Å². The van der Waals surface area contributed by atoms with Crippen LogP contribution in [-0.4, -0.2) is 16.3 Å². The molecule has 0 atom stereocenters. The molecular weight excluding hydrogens is 222 g/mol. The van der Waals surface area contributed by atoms with Gasteiger partial charge in [-0.25, -0.2) is 0 Å². The van der Waals surface area contributed by atoms with E-state index in [9.17, 15) is 0 Å². The van der Waals surface area contributed by atoms with Gasteiger partial charge in [-0.2, -0.15) is 5.10 Å². The molecule has 102 valence electrons. The largest absolute Gasteiger partial charge is 0.331 e. The Kier molecular flexibility index (Phi) is 12.4. The van der Waals surface area contributed by atoms with Crippen molar-refractivity contribution in [2.75, 3.05) is 6.54 Å². The summed E-state index contributed by atoms with van der Waals surface area (Å²) in [7, 11) is 1.91. The zero-order valence-electron chi connectivity index (χ0n) is 11.2.